The van der Waals surface area contributed by atoms with E-state index in [1.165, 1.54) is 38.5 Å². The fourth-order valence-corrected chi connectivity index (χ4v) is 5.51. The SMILES string of the molecule is CNC(=O)CCC(C#N)C12CC3CC(CC(C3)C1)C2. The Bertz CT molecular complexity index is 374. The summed E-state index contributed by atoms with van der Waals surface area (Å²) < 4.78 is 0. The van der Waals surface area contributed by atoms with Crippen LogP contribution in [0.2, 0.25) is 0 Å². The molecule has 104 valence electrons. The van der Waals surface area contributed by atoms with E-state index < -0.39 is 0 Å². The minimum Gasteiger partial charge on any atom is -0.359 e. The average Bonchev–Trinajstić information content (AvgIpc) is 2.37. The molecule has 4 aliphatic carbocycles. The van der Waals surface area contributed by atoms with Gasteiger partial charge in [-0.1, -0.05) is 0 Å². The van der Waals surface area contributed by atoms with Crippen LogP contribution in [0, 0.1) is 40.4 Å². The molecular weight excluding hydrogens is 236 g/mol. The van der Waals surface area contributed by atoms with Gasteiger partial charge in [-0.2, -0.15) is 5.26 Å². The first-order chi connectivity index (χ1) is 9.15. The molecule has 4 saturated carbocycles. The van der Waals surface area contributed by atoms with Crippen molar-refractivity contribution >= 4 is 5.91 Å². The molecule has 0 radical (unpaired) electrons. The number of nitriles is 1. The summed E-state index contributed by atoms with van der Waals surface area (Å²) in [6, 6.07) is 2.56. The largest absolute Gasteiger partial charge is 0.359 e. The number of amides is 1. The summed E-state index contributed by atoms with van der Waals surface area (Å²) in [5, 5.41) is 12.3. The van der Waals surface area contributed by atoms with Gasteiger partial charge in [0, 0.05) is 13.5 Å². The molecule has 3 nitrogen and oxygen atoms in total. The molecule has 19 heavy (non-hydrogen) atoms. The van der Waals surface area contributed by atoms with Gasteiger partial charge in [0.25, 0.3) is 0 Å². The summed E-state index contributed by atoms with van der Waals surface area (Å²) in [7, 11) is 1.68. The lowest BCUT2D eigenvalue weighted by molar-refractivity contribution is -0.121. The van der Waals surface area contributed by atoms with Crippen molar-refractivity contribution in [3.8, 4) is 6.07 Å². The predicted molar refractivity (Wildman–Crippen MR) is 73.0 cm³/mol. The third-order valence-corrected chi connectivity index (χ3v) is 5.92. The maximum absolute atomic E-state index is 11.4. The van der Waals surface area contributed by atoms with E-state index in [1.807, 2.05) is 0 Å². The molecule has 1 N–H and O–H groups in total. The van der Waals surface area contributed by atoms with Gasteiger partial charge in [-0.15, -0.1) is 0 Å². The molecule has 4 fully saturated rings. The molecule has 0 saturated heterocycles. The Morgan fingerprint density at radius 2 is 1.79 bits per heavy atom. The average molecular weight is 260 g/mol. The molecule has 4 aliphatic rings. The monoisotopic (exact) mass is 260 g/mol. The Kier molecular flexibility index (Phi) is 3.28. The Balaban J connectivity index is 1.72. The molecule has 1 atom stereocenters. The van der Waals surface area contributed by atoms with Gasteiger partial charge in [-0.3, -0.25) is 4.79 Å². The summed E-state index contributed by atoms with van der Waals surface area (Å²) in [5.74, 6) is 2.80. The van der Waals surface area contributed by atoms with Crippen molar-refractivity contribution in [1.29, 1.82) is 5.26 Å². The topological polar surface area (TPSA) is 52.9 Å². The molecule has 0 aromatic heterocycles. The Morgan fingerprint density at radius 1 is 1.26 bits per heavy atom. The first-order valence-electron chi connectivity index (χ1n) is 7.75. The fraction of sp³-hybridized carbons (Fsp3) is 0.875. The van der Waals surface area contributed by atoms with E-state index in [0.29, 0.717) is 6.42 Å². The highest BCUT2D eigenvalue weighted by atomic mass is 16.1. The van der Waals surface area contributed by atoms with Crippen LogP contribution in [0.25, 0.3) is 0 Å². The maximum atomic E-state index is 11.4. The summed E-state index contributed by atoms with van der Waals surface area (Å²) in [6.07, 6.45) is 9.26. The van der Waals surface area contributed by atoms with E-state index in [4.69, 9.17) is 0 Å². The fourth-order valence-electron chi connectivity index (χ4n) is 5.51. The van der Waals surface area contributed by atoms with Crippen LogP contribution in [0.3, 0.4) is 0 Å². The molecular formula is C16H24N2O. The number of carbonyl (C=O) groups excluding carboxylic acids is 1. The summed E-state index contributed by atoms with van der Waals surface area (Å²) >= 11 is 0. The van der Waals surface area contributed by atoms with Crippen molar-refractivity contribution < 1.29 is 4.79 Å². The number of hydrogen-bond acceptors (Lipinski definition) is 2. The molecule has 0 heterocycles. The van der Waals surface area contributed by atoms with Crippen LogP contribution in [0.1, 0.15) is 51.4 Å². The van der Waals surface area contributed by atoms with Crippen molar-refractivity contribution in [2.24, 2.45) is 29.1 Å². The molecule has 4 rings (SSSR count). The third kappa shape index (κ3) is 2.26. The zero-order valence-corrected chi connectivity index (χ0v) is 11.8. The van der Waals surface area contributed by atoms with E-state index in [-0.39, 0.29) is 17.2 Å². The summed E-state index contributed by atoms with van der Waals surface area (Å²) in [5.41, 5.74) is 0.261. The van der Waals surface area contributed by atoms with Gasteiger partial charge >= 0.3 is 0 Å². The molecule has 4 bridgehead atoms. The molecule has 0 aromatic carbocycles. The van der Waals surface area contributed by atoms with Gasteiger partial charge in [0.05, 0.1) is 12.0 Å². The number of nitrogens with zero attached hydrogens (tertiary/aromatic N) is 1. The lowest BCUT2D eigenvalue weighted by atomic mass is 9.46. The van der Waals surface area contributed by atoms with Crippen LogP contribution in [0.4, 0.5) is 0 Å². The smallest absolute Gasteiger partial charge is 0.219 e. The summed E-state index contributed by atoms with van der Waals surface area (Å²) in [6.45, 7) is 0. The van der Waals surface area contributed by atoms with Crippen molar-refractivity contribution in [3.63, 3.8) is 0 Å². The minimum atomic E-state index is 0.0741. The van der Waals surface area contributed by atoms with Crippen molar-refractivity contribution in [2.45, 2.75) is 51.4 Å². The van der Waals surface area contributed by atoms with Gasteiger partial charge in [-0.25, -0.2) is 0 Å². The lowest BCUT2D eigenvalue weighted by Gasteiger charge is -2.58. The first kappa shape index (κ1) is 13.0. The second kappa shape index (κ2) is 4.81. The first-order valence-corrected chi connectivity index (χ1v) is 7.75. The Labute approximate surface area is 115 Å². The van der Waals surface area contributed by atoms with Gasteiger partial charge in [0.1, 0.15) is 0 Å². The van der Waals surface area contributed by atoms with Gasteiger partial charge < -0.3 is 5.32 Å². The van der Waals surface area contributed by atoms with Gasteiger partial charge in [-0.05, 0) is 68.1 Å². The molecule has 3 heteroatoms. The second-order valence-corrected chi connectivity index (χ2v) is 7.17. The van der Waals surface area contributed by atoms with Crippen LogP contribution < -0.4 is 5.32 Å². The zero-order valence-electron chi connectivity index (χ0n) is 11.8. The number of rotatable bonds is 4. The van der Waals surface area contributed by atoms with Crippen LogP contribution in [0.5, 0.6) is 0 Å². The predicted octanol–water partition coefficient (Wildman–Crippen LogP) is 2.87. The zero-order chi connectivity index (χ0) is 13.5. The Hall–Kier alpha value is -1.04. The van der Waals surface area contributed by atoms with Crippen molar-refractivity contribution in [2.75, 3.05) is 7.05 Å². The molecule has 1 unspecified atom stereocenters. The van der Waals surface area contributed by atoms with Crippen LogP contribution >= 0.6 is 0 Å². The highest BCUT2D eigenvalue weighted by molar-refractivity contribution is 5.75. The van der Waals surface area contributed by atoms with E-state index in [2.05, 4.69) is 11.4 Å². The highest BCUT2D eigenvalue weighted by Crippen LogP contribution is 2.63. The number of nitrogens with one attached hydrogen (secondary N) is 1. The number of carbonyl (C=O) groups is 1. The van der Waals surface area contributed by atoms with E-state index in [9.17, 15) is 10.1 Å². The molecule has 0 aliphatic heterocycles. The highest BCUT2D eigenvalue weighted by Gasteiger charge is 2.54. The standard InChI is InChI=1S/C16H24N2O/c1-18-15(19)3-2-14(10-17)16-7-11-4-12(8-16)6-13(5-11)9-16/h11-14H,2-9H2,1H3,(H,18,19). The molecule has 0 spiro atoms. The van der Waals surface area contributed by atoms with Gasteiger partial charge in [0.2, 0.25) is 5.91 Å². The molecule has 1 amide bonds. The van der Waals surface area contributed by atoms with Crippen molar-refractivity contribution in [3.05, 3.63) is 0 Å². The lowest BCUT2D eigenvalue weighted by Crippen LogP contribution is -2.49. The van der Waals surface area contributed by atoms with Gasteiger partial charge in [0.15, 0.2) is 0 Å². The number of hydrogen-bond donors (Lipinski definition) is 1. The second-order valence-electron chi connectivity index (χ2n) is 7.17. The van der Waals surface area contributed by atoms with Crippen LogP contribution in [-0.4, -0.2) is 13.0 Å². The van der Waals surface area contributed by atoms with E-state index in [0.717, 1.165) is 24.2 Å². The third-order valence-electron chi connectivity index (χ3n) is 5.92. The normalized spacial score (nSPS) is 40.7. The summed E-state index contributed by atoms with van der Waals surface area (Å²) in [4.78, 5) is 11.4. The van der Waals surface area contributed by atoms with Crippen LogP contribution in [0.15, 0.2) is 0 Å². The Morgan fingerprint density at radius 3 is 2.21 bits per heavy atom. The van der Waals surface area contributed by atoms with Crippen molar-refractivity contribution in [1.82, 2.24) is 5.32 Å². The minimum absolute atomic E-state index is 0.0741. The van der Waals surface area contributed by atoms with E-state index in [1.54, 1.807) is 7.05 Å². The van der Waals surface area contributed by atoms with Crippen LogP contribution in [-0.2, 0) is 4.79 Å². The van der Waals surface area contributed by atoms with E-state index >= 15 is 0 Å². The maximum Gasteiger partial charge on any atom is 0.219 e. The quantitative estimate of drug-likeness (QED) is 0.845. The molecule has 0 aromatic rings.